The minimum atomic E-state index is -0.0764. The molecule has 1 aromatic heterocycles. The maximum Gasteiger partial charge on any atom is 0.262 e. The molecule has 128 valence electrons. The van der Waals surface area contributed by atoms with Gasteiger partial charge in [-0.15, -0.1) is 0 Å². The first-order valence-corrected chi connectivity index (χ1v) is 10.1. The summed E-state index contributed by atoms with van der Waals surface area (Å²) in [5, 5.41) is 1.75. The number of hydrogen-bond acceptors (Lipinski definition) is 4. The Morgan fingerprint density at radius 1 is 1.24 bits per heavy atom. The van der Waals surface area contributed by atoms with Crippen molar-refractivity contribution >= 4 is 62.6 Å². The highest BCUT2D eigenvalue weighted by molar-refractivity contribution is 14.1. The molecule has 25 heavy (non-hydrogen) atoms. The Morgan fingerprint density at radius 2 is 1.96 bits per heavy atom. The van der Waals surface area contributed by atoms with Crippen LogP contribution in [0.25, 0.3) is 10.9 Å². The van der Waals surface area contributed by atoms with E-state index in [0.717, 1.165) is 3.57 Å². The molecule has 0 bridgehead atoms. The normalized spacial score (nSPS) is 11.0. The minimum absolute atomic E-state index is 0.0266. The number of aromatic nitrogens is 2. The van der Waals surface area contributed by atoms with E-state index < -0.39 is 0 Å². The fraction of sp³-hybridized carbons (Fsp3) is 0.167. The fourth-order valence-corrected chi connectivity index (χ4v) is 3.99. The second-order valence-corrected chi connectivity index (χ2v) is 7.95. The average molecular weight is 485 g/mol. The van der Waals surface area contributed by atoms with Crippen LogP contribution in [0.15, 0.2) is 52.4 Å². The van der Waals surface area contributed by atoms with Crippen LogP contribution in [0.5, 0.6) is 0 Å². The smallest absolute Gasteiger partial charge is 0.262 e. The average Bonchev–Trinajstić information content (AvgIpc) is 2.61. The Hall–Kier alpha value is -1.38. The van der Waals surface area contributed by atoms with Crippen LogP contribution in [-0.2, 0) is 6.54 Å². The van der Waals surface area contributed by atoms with Crippen LogP contribution in [0.4, 0.5) is 0 Å². The lowest BCUT2D eigenvalue weighted by Gasteiger charge is -2.11. The van der Waals surface area contributed by atoms with Gasteiger partial charge in [-0.25, -0.2) is 4.98 Å². The van der Waals surface area contributed by atoms with Crippen molar-refractivity contribution in [3.63, 3.8) is 0 Å². The molecule has 0 radical (unpaired) electrons. The standard InChI is InChI=1S/C18H14ClIN2O2S/c1-2-22-17(24)14-9-13(20)7-8-15(14)21-18(22)25-10-16(23)11-3-5-12(19)6-4-11/h3-9H,2,10H2,1H3. The molecule has 0 atom stereocenters. The van der Waals surface area contributed by atoms with Gasteiger partial charge in [0, 0.05) is 20.7 Å². The van der Waals surface area contributed by atoms with Gasteiger partial charge in [-0.2, -0.15) is 0 Å². The zero-order valence-corrected chi connectivity index (χ0v) is 17.1. The first kappa shape index (κ1) is 18.4. The van der Waals surface area contributed by atoms with E-state index in [4.69, 9.17) is 11.6 Å². The maximum absolute atomic E-state index is 12.7. The van der Waals surface area contributed by atoms with Crippen LogP contribution in [-0.4, -0.2) is 21.1 Å². The molecule has 7 heteroatoms. The van der Waals surface area contributed by atoms with Gasteiger partial charge in [0.2, 0.25) is 0 Å². The van der Waals surface area contributed by atoms with Crippen LogP contribution < -0.4 is 5.56 Å². The number of rotatable bonds is 5. The maximum atomic E-state index is 12.7. The summed E-state index contributed by atoms with van der Waals surface area (Å²) >= 11 is 9.30. The molecule has 1 heterocycles. The largest absolute Gasteiger partial charge is 0.293 e. The first-order chi connectivity index (χ1) is 12.0. The number of Topliss-reactive ketones (excluding diaryl/α,β-unsaturated/α-hetero) is 1. The molecule has 2 aromatic carbocycles. The molecule has 0 saturated carbocycles. The third kappa shape index (κ3) is 4.07. The summed E-state index contributed by atoms with van der Waals surface area (Å²) < 4.78 is 2.60. The van der Waals surface area contributed by atoms with Crippen molar-refractivity contribution in [1.29, 1.82) is 0 Å². The second kappa shape index (κ2) is 7.88. The quantitative estimate of drug-likeness (QED) is 0.229. The van der Waals surface area contributed by atoms with Gasteiger partial charge < -0.3 is 0 Å². The van der Waals surface area contributed by atoms with Gasteiger partial charge >= 0.3 is 0 Å². The van der Waals surface area contributed by atoms with Crippen LogP contribution in [0.3, 0.4) is 0 Å². The lowest BCUT2D eigenvalue weighted by molar-refractivity contribution is 0.102. The van der Waals surface area contributed by atoms with Crippen molar-refractivity contribution in [3.8, 4) is 0 Å². The zero-order chi connectivity index (χ0) is 18.0. The molecule has 0 unspecified atom stereocenters. The van der Waals surface area contributed by atoms with Crippen LogP contribution in [0.2, 0.25) is 5.02 Å². The van der Waals surface area contributed by atoms with E-state index in [9.17, 15) is 9.59 Å². The van der Waals surface area contributed by atoms with Gasteiger partial charge in [0.1, 0.15) is 0 Å². The van der Waals surface area contributed by atoms with E-state index in [1.54, 1.807) is 28.8 Å². The molecule has 3 rings (SSSR count). The summed E-state index contributed by atoms with van der Waals surface area (Å²) in [7, 11) is 0. The topological polar surface area (TPSA) is 52.0 Å². The van der Waals surface area contributed by atoms with Crippen molar-refractivity contribution in [2.24, 2.45) is 0 Å². The highest BCUT2D eigenvalue weighted by Crippen LogP contribution is 2.21. The van der Waals surface area contributed by atoms with Gasteiger partial charge in [-0.05, 0) is 72.0 Å². The number of carbonyl (C=O) groups is 1. The molecule has 3 aromatic rings. The molecule has 0 spiro atoms. The summed E-state index contributed by atoms with van der Waals surface area (Å²) in [6.45, 7) is 2.40. The van der Waals surface area contributed by atoms with Gasteiger partial charge in [0.15, 0.2) is 10.9 Å². The number of halogens is 2. The van der Waals surface area contributed by atoms with Crippen LogP contribution in [0.1, 0.15) is 17.3 Å². The van der Waals surface area contributed by atoms with Crippen molar-refractivity contribution in [1.82, 2.24) is 9.55 Å². The van der Waals surface area contributed by atoms with Crippen molar-refractivity contribution in [2.45, 2.75) is 18.6 Å². The van der Waals surface area contributed by atoms with E-state index in [0.29, 0.717) is 33.2 Å². The summed E-state index contributed by atoms with van der Waals surface area (Å²) in [6.07, 6.45) is 0. The number of thioether (sulfide) groups is 1. The van der Waals surface area contributed by atoms with E-state index >= 15 is 0 Å². The van der Waals surface area contributed by atoms with Crippen LogP contribution in [0, 0.1) is 3.57 Å². The van der Waals surface area contributed by atoms with E-state index in [1.807, 2.05) is 25.1 Å². The monoisotopic (exact) mass is 484 g/mol. The van der Waals surface area contributed by atoms with Gasteiger partial charge in [0.25, 0.3) is 5.56 Å². The van der Waals surface area contributed by atoms with Crippen LogP contribution >= 0.6 is 46.0 Å². The number of ketones is 1. The third-order valence-electron chi connectivity index (χ3n) is 3.70. The minimum Gasteiger partial charge on any atom is -0.293 e. The molecule has 4 nitrogen and oxygen atoms in total. The molecular weight excluding hydrogens is 471 g/mol. The highest BCUT2D eigenvalue weighted by atomic mass is 127. The number of fused-ring (bicyclic) bond motifs is 1. The van der Waals surface area contributed by atoms with Gasteiger partial charge in [-0.3, -0.25) is 14.2 Å². The first-order valence-electron chi connectivity index (χ1n) is 7.61. The highest BCUT2D eigenvalue weighted by Gasteiger charge is 2.13. The van der Waals surface area contributed by atoms with Gasteiger partial charge in [0.05, 0.1) is 16.7 Å². The van der Waals surface area contributed by atoms with Gasteiger partial charge in [-0.1, -0.05) is 23.4 Å². The molecule has 0 aliphatic rings. The van der Waals surface area contributed by atoms with Crippen molar-refractivity contribution < 1.29 is 4.79 Å². The molecule has 0 saturated heterocycles. The molecule has 0 aliphatic heterocycles. The van der Waals surface area contributed by atoms with E-state index in [-0.39, 0.29) is 17.1 Å². The molecule has 0 aliphatic carbocycles. The summed E-state index contributed by atoms with van der Waals surface area (Å²) in [5.74, 6) is 0.186. The Kier molecular flexibility index (Phi) is 5.81. The molecule has 0 fully saturated rings. The number of benzene rings is 2. The van der Waals surface area contributed by atoms with E-state index in [1.165, 1.54) is 11.8 Å². The van der Waals surface area contributed by atoms with E-state index in [2.05, 4.69) is 27.6 Å². The summed E-state index contributed by atoms with van der Waals surface area (Å²) in [5.41, 5.74) is 1.17. The molecular formula is C18H14ClIN2O2S. The number of carbonyl (C=O) groups excluding carboxylic acids is 1. The molecule has 0 N–H and O–H groups in total. The number of nitrogens with zero attached hydrogens (tertiary/aromatic N) is 2. The zero-order valence-electron chi connectivity index (χ0n) is 13.3. The summed E-state index contributed by atoms with van der Waals surface area (Å²) in [4.78, 5) is 29.6. The third-order valence-corrected chi connectivity index (χ3v) is 5.60. The molecule has 0 amide bonds. The van der Waals surface area contributed by atoms with Crippen molar-refractivity contribution in [3.05, 3.63) is 67.0 Å². The number of hydrogen-bond donors (Lipinski definition) is 0. The second-order valence-electron chi connectivity index (χ2n) is 5.32. The fourth-order valence-electron chi connectivity index (χ4n) is 2.41. The van der Waals surface area contributed by atoms with Crippen molar-refractivity contribution in [2.75, 3.05) is 5.75 Å². The summed E-state index contributed by atoms with van der Waals surface area (Å²) in [6, 6.07) is 12.4. The Bertz CT molecular complexity index is 1000. The predicted octanol–water partition coefficient (Wildman–Crippen LogP) is 4.65. The SMILES string of the molecule is CCn1c(SCC(=O)c2ccc(Cl)cc2)nc2ccc(I)cc2c1=O. The Balaban J connectivity index is 1.90. The lowest BCUT2D eigenvalue weighted by Crippen LogP contribution is -2.23. The predicted molar refractivity (Wildman–Crippen MR) is 111 cm³/mol. The Morgan fingerprint density at radius 3 is 2.64 bits per heavy atom. The Labute approximate surface area is 167 Å². The lowest BCUT2D eigenvalue weighted by atomic mass is 10.1.